The normalized spacial score (nSPS) is 11.1. The standard InChI is InChI=1S/C20H38O10S9/c21-1-3-25-19(23)9-33-15-37-14-32-8-6-29-30-12-36-18-39-17-35-11-26-20(24)10-34-16-38-13-31-7-5-28-27-4-2-22/h21-22H,1-18H2. The molecule has 0 radical (unpaired) electrons. The van der Waals surface area contributed by atoms with E-state index in [1.807, 2.05) is 0 Å². The third-order valence-corrected chi connectivity index (χ3v) is 13.5. The Morgan fingerprint density at radius 2 is 0.923 bits per heavy atom. The van der Waals surface area contributed by atoms with E-state index in [2.05, 4.69) is 0 Å². The number of esters is 2. The molecule has 10 nitrogen and oxygen atoms in total. The van der Waals surface area contributed by atoms with Gasteiger partial charge in [0, 0.05) is 42.0 Å². The van der Waals surface area contributed by atoms with Crippen molar-refractivity contribution in [2.75, 3.05) is 105 Å². The van der Waals surface area contributed by atoms with Gasteiger partial charge < -0.3 is 19.7 Å². The van der Waals surface area contributed by atoms with Gasteiger partial charge in [-0.3, -0.25) is 9.59 Å². The molecule has 0 aromatic heterocycles. The van der Waals surface area contributed by atoms with Crippen molar-refractivity contribution in [1.29, 1.82) is 0 Å². The maximum absolute atomic E-state index is 11.7. The second kappa shape index (κ2) is 36.0. The lowest BCUT2D eigenvalue weighted by atomic mass is 10.7. The van der Waals surface area contributed by atoms with Crippen LogP contribution in [0.1, 0.15) is 0 Å². The van der Waals surface area contributed by atoms with Crippen LogP contribution in [0, 0.1) is 0 Å². The molecule has 0 aromatic rings. The molecule has 0 saturated heterocycles. The van der Waals surface area contributed by atoms with Gasteiger partial charge in [-0.25, -0.2) is 19.6 Å². The summed E-state index contributed by atoms with van der Waals surface area (Å²) in [5.41, 5.74) is 0. The number of hydrogen-bond acceptors (Lipinski definition) is 19. The first-order chi connectivity index (χ1) is 19.2. The maximum Gasteiger partial charge on any atom is 0.316 e. The largest absolute Gasteiger partial charge is 0.463 e. The average Bonchev–Trinajstić information content (AvgIpc) is 2.94. The summed E-state index contributed by atoms with van der Waals surface area (Å²) in [4.78, 5) is 42.8. The van der Waals surface area contributed by atoms with E-state index >= 15 is 0 Å². The molecule has 19 heteroatoms. The fourth-order valence-electron chi connectivity index (χ4n) is 1.71. The minimum atomic E-state index is -0.294. The molecular formula is C20H38O10S9. The van der Waals surface area contributed by atoms with E-state index in [-0.39, 0.29) is 38.4 Å². The summed E-state index contributed by atoms with van der Waals surface area (Å²) in [6.07, 6.45) is 0. The first-order valence-electron chi connectivity index (χ1n) is 11.4. The van der Waals surface area contributed by atoms with Gasteiger partial charge in [-0.05, 0) is 0 Å². The highest BCUT2D eigenvalue weighted by atomic mass is 32.2. The van der Waals surface area contributed by atoms with Gasteiger partial charge in [0.05, 0.1) is 37.9 Å². The molecule has 0 bridgehead atoms. The second-order valence-electron chi connectivity index (χ2n) is 6.24. The van der Waals surface area contributed by atoms with Crippen LogP contribution in [0.15, 0.2) is 0 Å². The van der Waals surface area contributed by atoms with Gasteiger partial charge in [0.15, 0.2) is 0 Å². The molecule has 0 amide bonds. The zero-order valence-electron chi connectivity index (χ0n) is 21.6. The van der Waals surface area contributed by atoms with Gasteiger partial charge in [0.2, 0.25) is 0 Å². The summed E-state index contributed by atoms with van der Waals surface area (Å²) in [5, 5.41) is 22.3. The lowest BCUT2D eigenvalue weighted by Crippen LogP contribution is -2.10. The molecular weight excluding hydrogens is 689 g/mol. The summed E-state index contributed by atoms with van der Waals surface area (Å²) in [7, 11) is 0. The number of carbonyl (C=O) groups excluding carboxylic acids is 2. The lowest BCUT2D eigenvalue weighted by Gasteiger charge is -2.06. The number of hydrogen-bond donors (Lipinski definition) is 2. The van der Waals surface area contributed by atoms with Gasteiger partial charge in [0.1, 0.15) is 25.1 Å². The molecule has 232 valence electrons. The highest BCUT2D eigenvalue weighted by Gasteiger charge is 2.04. The van der Waals surface area contributed by atoms with Gasteiger partial charge >= 0.3 is 11.9 Å². The van der Waals surface area contributed by atoms with Crippen LogP contribution in [0.2, 0.25) is 0 Å². The fourth-order valence-corrected chi connectivity index (χ4v) is 10.6. The van der Waals surface area contributed by atoms with Crippen LogP contribution < -0.4 is 0 Å². The quantitative estimate of drug-likeness (QED) is 0.0337. The third kappa shape index (κ3) is 36.0. The van der Waals surface area contributed by atoms with Crippen LogP contribution in [0.25, 0.3) is 0 Å². The topological polar surface area (TPSA) is 130 Å². The molecule has 39 heavy (non-hydrogen) atoms. The van der Waals surface area contributed by atoms with Gasteiger partial charge in [-0.2, -0.15) is 0 Å². The fraction of sp³-hybridized carbons (Fsp3) is 0.900. The molecule has 0 fully saturated rings. The minimum absolute atomic E-state index is 0.0480. The lowest BCUT2D eigenvalue weighted by molar-refractivity contribution is -0.293. The second-order valence-corrected chi connectivity index (χ2v) is 17.4. The van der Waals surface area contributed by atoms with Crippen molar-refractivity contribution in [3.8, 4) is 0 Å². The average molecular weight is 727 g/mol. The number of rotatable bonds is 32. The van der Waals surface area contributed by atoms with Crippen molar-refractivity contribution < 1.29 is 48.8 Å². The molecule has 0 aliphatic heterocycles. The number of thioether (sulfide) groups is 9. The number of carbonyl (C=O) groups is 2. The Kier molecular flexibility index (Phi) is 37.8. The number of aliphatic hydroxyl groups is 2. The summed E-state index contributed by atoms with van der Waals surface area (Å²) in [5.74, 6) is 2.67. The third-order valence-electron chi connectivity index (χ3n) is 3.19. The highest BCUT2D eigenvalue weighted by molar-refractivity contribution is 8.23. The van der Waals surface area contributed by atoms with Crippen molar-refractivity contribution in [3.63, 3.8) is 0 Å². The first kappa shape index (κ1) is 40.9. The molecule has 0 saturated carbocycles. The SMILES string of the molecule is O=C(CSCSCSCCOOCSCSCSCOC(=O)CSCSCSCCOOCCO)OCCO. The first-order valence-corrected chi connectivity index (χ1v) is 21.8. The van der Waals surface area contributed by atoms with Crippen molar-refractivity contribution >= 4 is 118 Å². The monoisotopic (exact) mass is 726 g/mol. The van der Waals surface area contributed by atoms with Crippen molar-refractivity contribution in [2.24, 2.45) is 0 Å². The molecule has 0 rings (SSSR count). The van der Waals surface area contributed by atoms with E-state index in [1.165, 1.54) is 11.8 Å². The Balaban J connectivity index is 3.17. The van der Waals surface area contributed by atoms with Crippen LogP contribution in [0.4, 0.5) is 0 Å². The molecule has 2 N–H and O–H groups in total. The summed E-state index contributed by atoms with van der Waals surface area (Å²) < 4.78 is 10.00. The smallest absolute Gasteiger partial charge is 0.316 e. The van der Waals surface area contributed by atoms with Gasteiger partial charge in [-0.15, -0.1) is 106 Å². The summed E-state index contributed by atoms with van der Waals surface area (Å²) in [6, 6.07) is 0. The molecule has 0 aromatic carbocycles. The zero-order valence-corrected chi connectivity index (χ0v) is 28.9. The molecule has 0 spiro atoms. The van der Waals surface area contributed by atoms with Crippen LogP contribution in [0.5, 0.6) is 0 Å². The zero-order chi connectivity index (χ0) is 28.5. The Hall–Kier alpha value is 1.85. The van der Waals surface area contributed by atoms with E-state index in [9.17, 15) is 9.59 Å². The number of aliphatic hydroxyl groups excluding tert-OH is 2. The van der Waals surface area contributed by atoms with E-state index in [0.717, 1.165) is 42.0 Å². The number of ether oxygens (including phenoxy) is 2. The predicted molar refractivity (Wildman–Crippen MR) is 177 cm³/mol. The minimum Gasteiger partial charge on any atom is -0.463 e. The van der Waals surface area contributed by atoms with Gasteiger partial charge in [0.25, 0.3) is 0 Å². The summed E-state index contributed by atoms with van der Waals surface area (Å²) >= 11 is 15.0. The van der Waals surface area contributed by atoms with E-state index in [4.69, 9.17) is 39.2 Å². The highest BCUT2D eigenvalue weighted by Crippen LogP contribution is 2.20. The van der Waals surface area contributed by atoms with E-state index < -0.39 is 0 Å². The molecule has 0 atom stereocenters. The Morgan fingerprint density at radius 1 is 0.462 bits per heavy atom. The van der Waals surface area contributed by atoms with Crippen LogP contribution >= 0.6 is 106 Å². The Bertz CT molecular complexity index is 544. The predicted octanol–water partition coefficient (Wildman–Crippen LogP) is 4.21. The van der Waals surface area contributed by atoms with Crippen LogP contribution in [-0.2, 0) is 38.6 Å². The van der Waals surface area contributed by atoms with E-state index in [1.54, 1.807) is 94.1 Å². The molecule has 0 unspecified atom stereocenters. The van der Waals surface area contributed by atoms with Crippen LogP contribution in [-0.4, -0.2) is 127 Å². The molecule has 0 aliphatic carbocycles. The van der Waals surface area contributed by atoms with E-state index in [0.29, 0.717) is 36.6 Å². The Labute approximate surface area is 269 Å². The van der Waals surface area contributed by atoms with Crippen molar-refractivity contribution in [2.45, 2.75) is 0 Å². The molecule has 0 aliphatic rings. The van der Waals surface area contributed by atoms with Crippen LogP contribution in [0.3, 0.4) is 0 Å². The maximum atomic E-state index is 11.7. The van der Waals surface area contributed by atoms with Crippen molar-refractivity contribution in [3.05, 3.63) is 0 Å². The van der Waals surface area contributed by atoms with Gasteiger partial charge in [-0.1, -0.05) is 0 Å². The van der Waals surface area contributed by atoms with Crippen molar-refractivity contribution in [1.82, 2.24) is 0 Å². The Morgan fingerprint density at radius 3 is 1.51 bits per heavy atom. The summed E-state index contributed by atoms with van der Waals surface area (Å²) in [6.45, 7) is 1.07. The molecule has 0 heterocycles.